The molecule has 31 heavy (non-hydrogen) atoms. The van der Waals surface area contributed by atoms with Crippen LogP contribution in [-0.4, -0.2) is 27.0 Å². The molecule has 7 nitrogen and oxygen atoms in total. The number of fused-ring (bicyclic) bond motifs is 3. The van der Waals surface area contributed by atoms with Gasteiger partial charge in [-0.3, -0.25) is 14.2 Å². The Hall–Kier alpha value is -3.61. The molecule has 2 aromatic carbocycles. The number of carbonyl (C=O) groups is 1. The van der Waals surface area contributed by atoms with E-state index in [0.29, 0.717) is 24.2 Å². The van der Waals surface area contributed by atoms with Crippen molar-refractivity contribution in [3.05, 3.63) is 70.3 Å². The monoisotopic (exact) mass is 418 g/mol. The van der Waals surface area contributed by atoms with Crippen molar-refractivity contribution in [3.8, 4) is 5.75 Å². The summed E-state index contributed by atoms with van der Waals surface area (Å²) < 4.78 is 7.04. The summed E-state index contributed by atoms with van der Waals surface area (Å²) in [5.41, 5.74) is 3.94. The summed E-state index contributed by atoms with van der Waals surface area (Å²) in [5.74, 6) is 0.705. The molecule has 0 aliphatic rings. The molecule has 0 saturated heterocycles. The lowest BCUT2D eigenvalue weighted by molar-refractivity contribution is -0.121. The van der Waals surface area contributed by atoms with Crippen molar-refractivity contribution in [2.24, 2.45) is 0 Å². The van der Waals surface area contributed by atoms with Gasteiger partial charge in [-0.15, -0.1) is 0 Å². The Bertz CT molecular complexity index is 1270. The number of rotatable bonds is 8. The van der Waals surface area contributed by atoms with Crippen LogP contribution < -0.4 is 15.6 Å². The first-order valence-corrected chi connectivity index (χ1v) is 10.5. The minimum atomic E-state index is -0.172. The number of benzene rings is 2. The van der Waals surface area contributed by atoms with E-state index >= 15 is 0 Å². The average molecular weight is 418 g/mol. The molecule has 0 unspecified atom stereocenters. The number of aromatic nitrogens is 3. The number of nitrogens with zero attached hydrogens (tertiary/aromatic N) is 2. The standard InChI is InChI=1S/C24H26N4O3/c1-3-12-31-18-7-5-17(6-8-18)14-25-21(29)10-11-28-15-26-22-19-13-16(2)4-9-20(19)27-23(22)24(28)30/h4-9,13,15,27H,3,10-12,14H2,1-2H3,(H,25,29). The third kappa shape index (κ3) is 4.60. The number of aromatic amines is 1. The van der Waals surface area contributed by atoms with E-state index in [-0.39, 0.29) is 24.4 Å². The van der Waals surface area contributed by atoms with E-state index in [9.17, 15) is 9.59 Å². The molecule has 0 atom stereocenters. The Morgan fingerprint density at radius 1 is 1.19 bits per heavy atom. The smallest absolute Gasteiger partial charge is 0.277 e. The molecule has 2 aromatic heterocycles. The molecular weight excluding hydrogens is 392 g/mol. The minimum Gasteiger partial charge on any atom is -0.494 e. The summed E-state index contributed by atoms with van der Waals surface area (Å²) in [6.45, 7) is 5.46. The summed E-state index contributed by atoms with van der Waals surface area (Å²) in [4.78, 5) is 32.7. The van der Waals surface area contributed by atoms with Crippen molar-refractivity contribution >= 4 is 27.8 Å². The normalized spacial score (nSPS) is 11.2. The van der Waals surface area contributed by atoms with Gasteiger partial charge in [0.1, 0.15) is 16.8 Å². The van der Waals surface area contributed by atoms with Crippen LogP contribution in [0.5, 0.6) is 5.75 Å². The van der Waals surface area contributed by atoms with Crippen LogP contribution in [0.1, 0.15) is 30.9 Å². The molecule has 2 N–H and O–H groups in total. The Kier molecular flexibility index (Phi) is 6.02. The molecule has 4 rings (SSSR count). The molecule has 0 aliphatic heterocycles. The van der Waals surface area contributed by atoms with Gasteiger partial charge in [-0.2, -0.15) is 0 Å². The van der Waals surface area contributed by atoms with E-state index in [1.165, 1.54) is 10.9 Å². The predicted octanol–water partition coefficient (Wildman–Crippen LogP) is 3.68. The quantitative estimate of drug-likeness (QED) is 0.457. The fourth-order valence-corrected chi connectivity index (χ4v) is 3.50. The van der Waals surface area contributed by atoms with Gasteiger partial charge in [-0.05, 0) is 43.2 Å². The van der Waals surface area contributed by atoms with Crippen LogP contribution in [0, 0.1) is 6.92 Å². The van der Waals surface area contributed by atoms with E-state index in [0.717, 1.165) is 34.2 Å². The number of hydrogen-bond acceptors (Lipinski definition) is 4. The third-order valence-electron chi connectivity index (χ3n) is 5.19. The topological polar surface area (TPSA) is 89.0 Å². The van der Waals surface area contributed by atoms with Gasteiger partial charge in [-0.1, -0.05) is 30.7 Å². The number of aryl methyl sites for hydroxylation is 2. The number of nitrogens with one attached hydrogen (secondary N) is 2. The highest BCUT2D eigenvalue weighted by atomic mass is 16.5. The lowest BCUT2D eigenvalue weighted by atomic mass is 10.2. The maximum Gasteiger partial charge on any atom is 0.277 e. The van der Waals surface area contributed by atoms with Crippen LogP contribution in [0.2, 0.25) is 0 Å². The summed E-state index contributed by atoms with van der Waals surface area (Å²) in [7, 11) is 0. The summed E-state index contributed by atoms with van der Waals surface area (Å²) in [6.07, 6.45) is 2.68. The van der Waals surface area contributed by atoms with E-state index < -0.39 is 0 Å². The lowest BCUT2D eigenvalue weighted by Crippen LogP contribution is -2.27. The maximum absolute atomic E-state index is 12.8. The fourth-order valence-electron chi connectivity index (χ4n) is 3.50. The van der Waals surface area contributed by atoms with E-state index in [2.05, 4.69) is 22.2 Å². The Labute approximate surface area is 180 Å². The highest BCUT2D eigenvalue weighted by Crippen LogP contribution is 2.22. The summed E-state index contributed by atoms with van der Waals surface area (Å²) in [6, 6.07) is 13.6. The Morgan fingerprint density at radius 3 is 2.77 bits per heavy atom. The first kappa shape index (κ1) is 20.7. The van der Waals surface area contributed by atoms with Crippen LogP contribution in [0.25, 0.3) is 21.9 Å². The zero-order valence-corrected chi connectivity index (χ0v) is 17.8. The number of ether oxygens (including phenoxy) is 1. The number of H-pyrrole nitrogens is 1. The molecule has 160 valence electrons. The predicted molar refractivity (Wildman–Crippen MR) is 121 cm³/mol. The number of carbonyl (C=O) groups excluding carboxylic acids is 1. The first-order valence-electron chi connectivity index (χ1n) is 10.5. The van der Waals surface area contributed by atoms with Crippen molar-refractivity contribution in [2.45, 2.75) is 39.8 Å². The Morgan fingerprint density at radius 2 is 2.00 bits per heavy atom. The van der Waals surface area contributed by atoms with Crippen molar-refractivity contribution in [3.63, 3.8) is 0 Å². The fraction of sp³-hybridized carbons (Fsp3) is 0.292. The second-order valence-electron chi connectivity index (χ2n) is 7.66. The highest BCUT2D eigenvalue weighted by Gasteiger charge is 2.12. The van der Waals surface area contributed by atoms with Gasteiger partial charge >= 0.3 is 0 Å². The zero-order valence-electron chi connectivity index (χ0n) is 17.8. The van der Waals surface area contributed by atoms with E-state index in [1.54, 1.807) is 0 Å². The molecule has 0 spiro atoms. The molecule has 2 heterocycles. The average Bonchev–Trinajstić information content (AvgIpc) is 3.15. The van der Waals surface area contributed by atoms with Gasteiger partial charge < -0.3 is 15.0 Å². The van der Waals surface area contributed by atoms with Crippen LogP contribution in [-0.2, 0) is 17.9 Å². The first-order chi connectivity index (χ1) is 15.0. The van der Waals surface area contributed by atoms with Crippen LogP contribution in [0.15, 0.2) is 53.6 Å². The van der Waals surface area contributed by atoms with Gasteiger partial charge in [0, 0.05) is 30.4 Å². The molecule has 0 fully saturated rings. The second kappa shape index (κ2) is 9.04. The van der Waals surface area contributed by atoms with Gasteiger partial charge in [0.15, 0.2) is 0 Å². The highest BCUT2D eigenvalue weighted by molar-refractivity contribution is 6.04. The van der Waals surface area contributed by atoms with Crippen molar-refractivity contribution in [2.75, 3.05) is 6.61 Å². The Balaban J connectivity index is 1.37. The minimum absolute atomic E-state index is 0.120. The van der Waals surface area contributed by atoms with Gasteiger partial charge in [0.05, 0.1) is 12.9 Å². The zero-order chi connectivity index (χ0) is 21.8. The lowest BCUT2D eigenvalue weighted by Gasteiger charge is -2.08. The van der Waals surface area contributed by atoms with E-state index in [4.69, 9.17) is 4.74 Å². The van der Waals surface area contributed by atoms with Crippen molar-refractivity contribution in [1.82, 2.24) is 19.9 Å². The van der Waals surface area contributed by atoms with Crippen molar-refractivity contribution in [1.29, 1.82) is 0 Å². The van der Waals surface area contributed by atoms with Gasteiger partial charge in [0.2, 0.25) is 5.91 Å². The number of amides is 1. The summed E-state index contributed by atoms with van der Waals surface area (Å²) >= 11 is 0. The van der Waals surface area contributed by atoms with Crippen LogP contribution in [0.3, 0.4) is 0 Å². The number of hydrogen-bond donors (Lipinski definition) is 2. The molecule has 4 aromatic rings. The van der Waals surface area contributed by atoms with Crippen molar-refractivity contribution < 1.29 is 9.53 Å². The summed E-state index contributed by atoms with van der Waals surface area (Å²) in [5, 5.41) is 3.83. The SMILES string of the molecule is CCCOc1ccc(CNC(=O)CCn2cnc3c([nH]c4ccc(C)cc43)c2=O)cc1. The molecule has 1 amide bonds. The van der Waals surface area contributed by atoms with Crippen LogP contribution in [0.4, 0.5) is 0 Å². The third-order valence-corrected chi connectivity index (χ3v) is 5.19. The second-order valence-corrected chi connectivity index (χ2v) is 7.66. The molecular formula is C24H26N4O3. The molecule has 0 aliphatic carbocycles. The van der Waals surface area contributed by atoms with Gasteiger partial charge in [0.25, 0.3) is 5.56 Å². The molecule has 7 heteroatoms. The van der Waals surface area contributed by atoms with Gasteiger partial charge in [-0.25, -0.2) is 4.98 Å². The molecule has 0 radical (unpaired) electrons. The molecule has 0 bridgehead atoms. The van der Waals surface area contributed by atoms with Crippen LogP contribution >= 0.6 is 0 Å². The molecule has 0 saturated carbocycles. The van der Waals surface area contributed by atoms with E-state index in [1.807, 2.05) is 49.4 Å². The largest absolute Gasteiger partial charge is 0.494 e. The maximum atomic E-state index is 12.8.